The van der Waals surface area contributed by atoms with Crippen LogP contribution in [-0.2, 0) is 19.3 Å². The zero-order valence-corrected chi connectivity index (χ0v) is 9.97. The van der Waals surface area contributed by atoms with E-state index in [4.69, 9.17) is 0 Å². The minimum atomic E-state index is 1.16. The van der Waals surface area contributed by atoms with Gasteiger partial charge in [0, 0.05) is 0 Å². The SMILES string of the molecule is CCCc1cc(CC)cc2c1CCC[CH]2. The summed E-state index contributed by atoms with van der Waals surface area (Å²) in [6, 6.07) is 4.83. The first-order valence-corrected chi connectivity index (χ1v) is 6.33. The maximum Gasteiger partial charge on any atom is -0.00899 e. The highest BCUT2D eigenvalue weighted by Crippen LogP contribution is 2.28. The quantitative estimate of drug-likeness (QED) is 0.691. The molecule has 0 unspecified atom stereocenters. The van der Waals surface area contributed by atoms with Crippen LogP contribution in [0.1, 0.15) is 55.4 Å². The van der Waals surface area contributed by atoms with Crippen molar-refractivity contribution < 1.29 is 0 Å². The van der Waals surface area contributed by atoms with Gasteiger partial charge in [-0.1, -0.05) is 32.4 Å². The molecule has 0 nitrogen and oxygen atoms in total. The number of hydrogen-bond acceptors (Lipinski definition) is 0. The van der Waals surface area contributed by atoms with Crippen molar-refractivity contribution in [3.63, 3.8) is 0 Å². The lowest BCUT2D eigenvalue weighted by atomic mass is 9.85. The Bertz CT molecular complexity index is 336. The topological polar surface area (TPSA) is 0 Å². The molecule has 0 bridgehead atoms. The van der Waals surface area contributed by atoms with Crippen molar-refractivity contribution in [3.8, 4) is 0 Å². The third-order valence-electron chi connectivity index (χ3n) is 3.36. The normalized spacial score (nSPS) is 15.1. The van der Waals surface area contributed by atoms with E-state index in [9.17, 15) is 0 Å². The van der Waals surface area contributed by atoms with Gasteiger partial charge in [0.1, 0.15) is 0 Å². The summed E-state index contributed by atoms with van der Waals surface area (Å²) in [4.78, 5) is 0. The highest BCUT2D eigenvalue weighted by molar-refractivity contribution is 5.44. The molecule has 0 heteroatoms. The average molecular weight is 201 g/mol. The molecule has 0 aliphatic heterocycles. The molecule has 0 fully saturated rings. The lowest BCUT2D eigenvalue weighted by molar-refractivity contribution is 0.755. The van der Waals surface area contributed by atoms with E-state index in [2.05, 4.69) is 32.4 Å². The largest absolute Gasteiger partial charge is 0.0651 e. The van der Waals surface area contributed by atoms with E-state index < -0.39 is 0 Å². The molecule has 0 saturated heterocycles. The second-order valence-electron chi connectivity index (χ2n) is 4.52. The first-order valence-electron chi connectivity index (χ1n) is 6.33. The van der Waals surface area contributed by atoms with Gasteiger partial charge in [-0.25, -0.2) is 0 Å². The third kappa shape index (κ3) is 2.25. The van der Waals surface area contributed by atoms with Crippen LogP contribution in [0.4, 0.5) is 0 Å². The van der Waals surface area contributed by atoms with E-state index in [-0.39, 0.29) is 0 Å². The van der Waals surface area contributed by atoms with E-state index in [1.165, 1.54) is 43.2 Å². The van der Waals surface area contributed by atoms with Crippen LogP contribution in [0.15, 0.2) is 12.1 Å². The van der Waals surface area contributed by atoms with Crippen LogP contribution < -0.4 is 0 Å². The van der Waals surface area contributed by atoms with Gasteiger partial charge >= 0.3 is 0 Å². The lowest BCUT2D eigenvalue weighted by Crippen LogP contribution is -2.06. The molecule has 2 rings (SSSR count). The Hall–Kier alpha value is -0.780. The summed E-state index contributed by atoms with van der Waals surface area (Å²) >= 11 is 0. The van der Waals surface area contributed by atoms with E-state index >= 15 is 0 Å². The molecule has 1 aliphatic carbocycles. The van der Waals surface area contributed by atoms with Crippen LogP contribution in [0, 0.1) is 6.42 Å². The molecule has 0 spiro atoms. The fourth-order valence-corrected chi connectivity index (χ4v) is 2.54. The molecule has 0 aromatic heterocycles. The summed E-state index contributed by atoms with van der Waals surface area (Å²) in [6.07, 6.45) is 10.0. The predicted molar refractivity (Wildman–Crippen MR) is 66.2 cm³/mol. The number of hydrogen-bond donors (Lipinski definition) is 0. The molecule has 0 saturated carbocycles. The Morgan fingerprint density at radius 2 is 2.07 bits per heavy atom. The molecule has 81 valence electrons. The van der Waals surface area contributed by atoms with Crippen LogP contribution in [0.25, 0.3) is 0 Å². The second kappa shape index (κ2) is 4.83. The standard InChI is InChI=1S/C15H21/c1-3-7-13-10-12(4-2)11-14-8-5-6-9-15(13)14/h8,10-11H,3-7,9H2,1-2H3. The van der Waals surface area contributed by atoms with Crippen molar-refractivity contribution in [1.82, 2.24) is 0 Å². The molecule has 0 atom stereocenters. The van der Waals surface area contributed by atoms with E-state index in [0.29, 0.717) is 0 Å². The second-order valence-corrected chi connectivity index (χ2v) is 4.52. The lowest BCUT2D eigenvalue weighted by Gasteiger charge is -2.20. The third-order valence-corrected chi connectivity index (χ3v) is 3.36. The first kappa shape index (κ1) is 10.7. The zero-order valence-electron chi connectivity index (χ0n) is 9.97. The molecule has 0 amide bonds. The monoisotopic (exact) mass is 201 g/mol. The minimum absolute atomic E-state index is 1.16. The molecular formula is C15H21. The molecule has 0 heterocycles. The fraction of sp³-hybridized carbons (Fsp3) is 0.533. The maximum atomic E-state index is 2.43. The summed E-state index contributed by atoms with van der Waals surface area (Å²) in [6.45, 7) is 4.53. The van der Waals surface area contributed by atoms with Gasteiger partial charge in [-0.2, -0.15) is 0 Å². The van der Waals surface area contributed by atoms with E-state index in [0.717, 1.165) is 6.42 Å². The van der Waals surface area contributed by atoms with Crippen LogP contribution >= 0.6 is 0 Å². The number of rotatable bonds is 3. The van der Waals surface area contributed by atoms with E-state index in [1.54, 1.807) is 11.1 Å². The molecule has 1 radical (unpaired) electrons. The van der Waals surface area contributed by atoms with Crippen LogP contribution in [-0.4, -0.2) is 0 Å². The number of fused-ring (bicyclic) bond motifs is 1. The maximum absolute atomic E-state index is 2.43. The van der Waals surface area contributed by atoms with Gasteiger partial charge in [-0.15, -0.1) is 0 Å². The van der Waals surface area contributed by atoms with Gasteiger partial charge in [0.2, 0.25) is 0 Å². The van der Waals surface area contributed by atoms with Gasteiger partial charge in [-0.3, -0.25) is 0 Å². The fourth-order valence-electron chi connectivity index (χ4n) is 2.54. The van der Waals surface area contributed by atoms with Crippen molar-refractivity contribution in [2.45, 2.75) is 52.4 Å². The van der Waals surface area contributed by atoms with Gasteiger partial charge in [0.25, 0.3) is 0 Å². The van der Waals surface area contributed by atoms with Crippen LogP contribution in [0.2, 0.25) is 0 Å². The van der Waals surface area contributed by atoms with Crippen molar-refractivity contribution in [2.24, 2.45) is 0 Å². The van der Waals surface area contributed by atoms with Crippen molar-refractivity contribution >= 4 is 0 Å². The Labute approximate surface area is 93.7 Å². The summed E-state index contributed by atoms with van der Waals surface area (Å²) in [5, 5.41) is 0. The highest BCUT2D eigenvalue weighted by atomic mass is 14.2. The molecule has 1 aromatic carbocycles. The van der Waals surface area contributed by atoms with Crippen molar-refractivity contribution in [1.29, 1.82) is 0 Å². The smallest absolute Gasteiger partial charge is 0.00899 e. The summed E-state index contributed by atoms with van der Waals surface area (Å²) in [5.74, 6) is 0. The number of aryl methyl sites for hydroxylation is 2. The van der Waals surface area contributed by atoms with Gasteiger partial charge in [-0.05, 0) is 60.8 Å². The molecule has 0 N–H and O–H groups in total. The Morgan fingerprint density at radius 3 is 2.80 bits per heavy atom. The predicted octanol–water partition coefficient (Wildman–Crippen LogP) is 4.09. The summed E-state index contributed by atoms with van der Waals surface area (Å²) in [5.41, 5.74) is 6.29. The van der Waals surface area contributed by atoms with Crippen molar-refractivity contribution in [2.75, 3.05) is 0 Å². The van der Waals surface area contributed by atoms with Gasteiger partial charge < -0.3 is 0 Å². The van der Waals surface area contributed by atoms with E-state index in [1.807, 2.05) is 0 Å². The molecule has 1 aromatic rings. The minimum Gasteiger partial charge on any atom is -0.0651 e. The zero-order chi connectivity index (χ0) is 10.7. The number of benzene rings is 1. The Balaban J connectivity index is 2.41. The van der Waals surface area contributed by atoms with Crippen LogP contribution in [0.3, 0.4) is 0 Å². The summed E-state index contributed by atoms with van der Waals surface area (Å²) in [7, 11) is 0. The average Bonchev–Trinajstić information content (AvgIpc) is 2.29. The Morgan fingerprint density at radius 1 is 1.20 bits per heavy atom. The van der Waals surface area contributed by atoms with Gasteiger partial charge in [0.05, 0.1) is 0 Å². The Kier molecular flexibility index (Phi) is 3.45. The highest BCUT2D eigenvalue weighted by Gasteiger charge is 2.13. The molecule has 1 aliphatic rings. The molecule has 15 heavy (non-hydrogen) atoms. The van der Waals surface area contributed by atoms with Crippen LogP contribution in [0.5, 0.6) is 0 Å². The summed E-state index contributed by atoms with van der Waals surface area (Å²) < 4.78 is 0. The molecular weight excluding hydrogens is 180 g/mol. The van der Waals surface area contributed by atoms with Gasteiger partial charge in [0.15, 0.2) is 0 Å². The van der Waals surface area contributed by atoms with Crippen molar-refractivity contribution in [3.05, 3.63) is 40.8 Å². The first-order chi connectivity index (χ1) is 7.35.